The van der Waals surface area contributed by atoms with Gasteiger partial charge in [0.2, 0.25) is 0 Å². The molecule has 0 atom stereocenters. The molecule has 0 spiro atoms. The number of hydrogen-bond acceptors (Lipinski definition) is 4. The Morgan fingerprint density at radius 1 is 1.19 bits per heavy atom. The molecule has 5 heteroatoms. The molecule has 2 rings (SSSR count). The second-order valence-corrected chi connectivity index (χ2v) is 5.55. The first kappa shape index (κ1) is 15.8. The van der Waals surface area contributed by atoms with Crippen LogP contribution in [0, 0.1) is 0 Å². The second-order valence-electron chi connectivity index (χ2n) is 5.55. The summed E-state index contributed by atoms with van der Waals surface area (Å²) in [7, 11) is 0. The molecule has 1 aliphatic heterocycles. The lowest BCUT2D eigenvalue weighted by Crippen LogP contribution is -2.49. The van der Waals surface area contributed by atoms with Crippen LogP contribution in [0.25, 0.3) is 0 Å². The highest BCUT2D eigenvalue weighted by atomic mass is 16.5. The molecule has 1 aliphatic rings. The van der Waals surface area contributed by atoms with Gasteiger partial charge in [0.25, 0.3) is 5.91 Å². The highest BCUT2D eigenvalue weighted by Crippen LogP contribution is 2.16. The van der Waals surface area contributed by atoms with E-state index in [0.29, 0.717) is 25.2 Å². The van der Waals surface area contributed by atoms with Crippen LogP contribution >= 0.6 is 0 Å². The topological polar surface area (TPSA) is 53.0 Å². The third-order valence-electron chi connectivity index (χ3n) is 3.55. The fourth-order valence-electron chi connectivity index (χ4n) is 2.45. The smallest absolute Gasteiger partial charge is 0.253 e. The van der Waals surface area contributed by atoms with Crippen molar-refractivity contribution in [3.8, 4) is 5.75 Å². The van der Waals surface area contributed by atoms with Crippen molar-refractivity contribution in [1.29, 1.82) is 0 Å². The van der Waals surface area contributed by atoms with E-state index in [1.165, 1.54) is 0 Å². The molecule has 0 unspecified atom stereocenters. The summed E-state index contributed by atoms with van der Waals surface area (Å²) in [4.78, 5) is 16.5. The number of piperazine rings is 1. The molecular weight excluding hydrogens is 268 g/mol. The quantitative estimate of drug-likeness (QED) is 0.887. The number of aliphatic hydroxyl groups is 1. The molecule has 0 radical (unpaired) electrons. The minimum Gasteiger partial charge on any atom is -0.491 e. The number of hydrogen-bond donors (Lipinski definition) is 1. The van der Waals surface area contributed by atoms with Gasteiger partial charge in [-0.3, -0.25) is 9.69 Å². The van der Waals surface area contributed by atoms with Gasteiger partial charge in [0, 0.05) is 38.3 Å². The summed E-state index contributed by atoms with van der Waals surface area (Å²) in [6.07, 6.45) is 0.131. The van der Waals surface area contributed by atoms with Crippen molar-refractivity contribution in [3.05, 3.63) is 29.8 Å². The molecule has 116 valence electrons. The van der Waals surface area contributed by atoms with E-state index in [9.17, 15) is 4.79 Å². The van der Waals surface area contributed by atoms with Crippen molar-refractivity contribution in [2.45, 2.75) is 20.0 Å². The van der Waals surface area contributed by atoms with Crippen molar-refractivity contribution in [2.75, 3.05) is 39.3 Å². The van der Waals surface area contributed by atoms with Gasteiger partial charge in [-0.1, -0.05) is 0 Å². The molecular formula is C16H24N2O3. The van der Waals surface area contributed by atoms with Gasteiger partial charge in [-0.2, -0.15) is 0 Å². The minimum absolute atomic E-state index is 0.0646. The van der Waals surface area contributed by atoms with Crippen LogP contribution in [0.3, 0.4) is 0 Å². The Bertz CT molecular complexity index is 451. The van der Waals surface area contributed by atoms with Crippen molar-refractivity contribution in [2.24, 2.45) is 0 Å². The fraction of sp³-hybridized carbons (Fsp3) is 0.562. The minimum atomic E-state index is 0.0646. The zero-order valence-electron chi connectivity index (χ0n) is 12.8. The maximum Gasteiger partial charge on any atom is 0.253 e. The summed E-state index contributed by atoms with van der Waals surface area (Å²) in [5.41, 5.74) is 0.696. The Hall–Kier alpha value is -1.59. The van der Waals surface area contributed by atoms with Crippen molar-refractivity contribution in [3.63, 3.8) is 0 Å². The number of nitrogens with zero attached hydrogens (tertiary/aromatic N) is 2. The van der Waals surface area contributed by atoms with E-state index in [1.54, 1.807) is 0 Å². The first-order valence-corrected chi connectivity index (χ1v) is 7.49. The highest BCUT2D eigenvalue weighted by molar-refractivity contribution is 5.94. The number of carbonyl (C=O) groups excluding carboxylic acids is 1. The van der Waals surface area contributed by atoms with Crippen LogP contribution in [0.1, 0.15) is 24.2 Å². The van der Waals surface area contributed by atoms with E-state index in [-0.39, 0.29) is 18.6 Å². The SMILES string of the molecule is CC(C)Oc1ccc(C(=O)N2CCN(CCO)CC2)cc1. The van der Waals surface area contributed by atoms with E-state index in [0.717, 1.165) is 18.8 Å². The van der Waals surface area contributed by atoms with Gasteiger partial charge in [-0.05, 0) is 38.1 Å². The lowest BCUT2D eigenvalue weighted by molar-refractivity contribution is 0.0615. The number of amides is 1. The normalized spacial score (nSPS) is 16.3. The van der Waals surface area contributed by atoms with Gasteiger partial charge in [-0.25, -0.2) is 0 Å². The maximum atomic E-state index is 12.4. The molecule has 1 amide bonds. The van der Waals surface area contributed by atoms with Crippen LogP contribution in [-0.2, 0) is 0 Å². The predicted octanol–water partition coefficient (Wildman–Crippen LogP) is 1.22. The summed E-state index contributed by atoms with van der Waals surface area (Å²) >= 11 is 0. The molecule has 1 heterocycles. The van der Waals surface area contributed by atoms with Crippen molar-refractivity contribution >= 4 is 5.91 Å². The number of rotatable bonds is 5. The fourth-order valence-corrected chi connectivity index (χ4v) is 2.45. The Morgan fingerprint density at radius 2 is 1.81 bits per heavy atom. The number of benzene rings is 1. The number of ether oxygens (including phenoxy) is 1. The first-order chi connectivity index (χ1) is 10.1. The van der Waals surface area contributed by atoms with E-state index in [1.807, 2.05) is 43.0 Å². The maximum absolute atomic E-state index is 12.4. The number of carbonyl (C=O) groups is 1. The second kappa shape index (κ2) is 7.43. The molecule has 1 saturated heterocycles. The average molecular weight is 292 g/mol. The van der Waals surface area contributed by atoms with Gasteiger partial charge in [-0.15, -0.1) is 0 Å². The Balaban J connectivity index is 1.91. The summed E-state index contributed by atoms with van der Waals surface area (Å²) in [6.45, 7) is 7.87. The van der Waals surface area contributed by atoms with Crippen molar-refractivity contribution < 1.29 is 14.6 Å². The van der Waals surface area contributed by atoms with Crippen LogP contribution in [0.4, 0.5) is 0 Å². The average Bonchev–Trinajstić information content (AvgIpc) is 2.48. The van der Waals surface area contributed by atoms with E-state index in [4.69, 9.17) is 9.84 Å². The third-order valence-corrected chi connectivity index (χ3v) is 3.55. The van der Waals surface area contributed by atoms with Crippen LogP contribution in [0.2, 0.25) is 0 Å². The number of aliphatic hydroxyl groups excluding tert-OH is 1. The lowest BCUT2D eigenvalue weighted by Gasteiger charge is -2.34. The number of β-amino-alcohol motifs (C(OH)–C–C–N with tert-alkyl or cyclic N) is 1. The standard InChI is InChI=1S/C16H24N2O3/c1-13(2)21-15-5-3-14(4-6-15)16(20)18-9-7-17(8-10-18)11-12-19/h3-6,13,19H,7-12H2,1-2H3. The molecule has 0 bridgehead atoms. The molecule has 0 saturated carbocycles. The summed E-state index contributed by atoms with van der Waals surface area (Å²) in [5, 5.41) is 8.93. The summed E-state index contributed by atoms with van der Waals surface area (Å²) in [6, 6.07) is 7.32. The van der Waals surface area contributed by atoms with Crippen molar-refractivity contribution in [1.82, 2.24) is 9.80 Å². The first-order valence-electron chi connectivity index (χ1n) is 7.49. The predicted molar refractivity (Wildman–Crippen MR) is 81.6 cm³/mol. The Morgan fingerprint density at radius 3 is 2.33 bits per heavy atom. The van der Waals surface area contributed by atoms with Gasteiger partial charge in [0.1, 0.15) is 5.75 Å². The summed E-state index contributed by atoms with van der Waals surface area (Å²) < 4.78 is 5.58. The molecule has 5 nitrogen and oxygen atoms in total. The summed E-state index contributed by atoms with van der Waals surface area (Å²) in [5.74, 6) is 0.851. The monoisotopic (exact) mass is 292 g/mol. The zero-order chi connectivity index (χ0) is 15.2. The molecule has 1 aromatic carbocycles. The van der Waals surface area contributed by atoms with Crippen LogP contribution in [0.5, 0.6) is 5.75 Å². The highest BCUT2D eigenvalue weighted by Gasteiger charge is 2.21. The van der Waals surface area contributed by atoms with E-state index >= 15 is 0 Å². The van der Waals surface area contributed by atoms with Crippen LogP contribution in [-0.4, -0.2) is 66.2 Å². The lowest BCUT2D eigenvalue weighted by atomic mass is 10.1. The molecule has 1 aromatic rings. The van der Waals surface area contributed by atoms with Gasteiger partial charge in [0.15, 0.2) is 0 Å². The van der Waals surface area contributed by atoms with E-state index < -0.39 is 0 Å². The van der Waals surface area contributed by atoms with Gasteiger partial charge in [0.05, 0.1) is 12.7 Å². The molecule has 1 N–H and O–H groups in total. The van der Waals surface area contributed by atoms with E-state index in [2.05, 4.69) is 4.90 Å². The Kier molecular flexibility index (Phi) is 5.59. The van der Waals surface area contributed by atoms with Crippen LogP contribution in [0.15, 0.2) is 24.3 Å². The molecule has 0 aromatic heterocycles. The molecule has 1 fully saturated rings. The third kappa shape index (κ3) is 4.44. The van der Waals surface area contributed by atoms with Gasteiger partial charge >= 0.3 is 0 Å². The van der Waals surface area contributed by atoms with Crippen LogP contribution < -0.4 is 4.74 Å². The Labute approximate surface area is 126 Å². The van der Waals surface area contributed by atoms with Gasteiger partial charge < -0.3 is 14.7 Å². The largest absolute Gasteiger partial charge is 0.491 e. The zero-order valence-corrected chi connectivity index (χ0v) is 12.8. The molecule has 0 aliphatic carbocycles. The molecule has 21 heavy (non-hydrogen) atoms.